The van der Waals surface area contributed by atoms with Crippen molar-refractivity contribution in [2.24, 2.45) is 12.8 Å². The van der Waals surface area contributed by atoms with Crippen molar-refractivity contribution in [3.05, 3.63) is 40.8 Å². The van der Waals surface area contributed by atoms with Gasteiger partial charge in [-0.1, -0.05) is 0 Å². The summed E-state index contributed by atoms with van der Waals surface area (Å²) in [5, 5.41) is 4.33. The minimum absolute atomic E-state index is 0.240. The van der Waals surface area contributed by atoms with Crippen LogP contribution in [-0.4, -0.2) is 16.3 Å². The highest BCUT2D eigenvalue weighted by Gasteiger charge is 2.15. The van der Waals surface area contributed by atoms with Crippen molar-refractivity contribution in [1.82, 2.24) is 9.78 Å². The predicted molar refractivity (Wildman–Crippen MR) is 71.9 cm³/mol. The first-order valence-corrected chi connectivity index (χ1v) is 6.19. The molecule has 4 nitrogen and oxygen atoms in total. The van der Waals surface area contributed by atoms with E-state index in [-0.39, 0.29) is 5.82 Å². The molecular weight excluding hydrogens is 245 g/mol. The molecule has 1 heterocycles. The van der Waals surface area contributed by atoms with Gasteiger partial charge in [-0.3, -0.25) is 0 Å². The second-order valence-electron chi connectivity index (χ2n) is 4.54. The van der Waals surface area contributed by atoms with E-state index in [0.29, 0.717) is 30.2 Å². The fourth-order valence-corrected chi connectivity index (χ4v) is 2.03. The zero-order chi connectivity index (χ0) is 14.0. The highest BCUT2D eigenvalue weighted by molar-refractivity contribution is 5.37. The molecule has 5 heteroatoms. The maximum atomic E-state index is 13.2. The van der Waals surface area contributed by atoms with Crippen LogP contribution in [0.5, 0.6) is 11.6 Å². The number of nitrogens with zero attached hydrogens (tertiary/aromatic N) is 2. The lowest BCUT2D eigenvalue weighted by Gasteiger charge is -2.09. The molecule has 0 saturated heterocycles. The number of benzene rings is 1. The number of hydrogen-bond acceptors (Lipinski definition) is 3. The van der Waals surface area contributed by atoms with Gasteiger partial charge in [0.05, 0.1) is 5.69 Å². The summed E-state index contributed by atoms with van der Waals surface area (Å²) in [6, 6.07) is 4.68. The minimum Gasteiger partial charge on any atom is -0.439 e. The average Bonchev–Trinajstić information content (AvgIpc) is 2.61. The highest BCUT2D eigenvalue weighted by atomic mass is 19.1. The fourth-order valence-electron chi connectivity index (χ4n) is 2.03. The number of halogens is 1. The van der Waals surface area contributed by atoms with Crippen molar-refractivity contribution in [2.45, 2.75) is 20.3 Å². The van der Waals surface area contributed by atoms with Crippen molar-refractivity contribution < 1.29 is 9.13 Å². The van der Waals surface area contributed by atoms with Crippen LogP contribution in [0.25, 0.3) is 0 Å². The normalized spacial score (nSPS) is 10.8. The highest BCUT2D eigenvalue weighted by Crippen LogP contribution is 2.28. The van der Waals surface area contributed by atoms with Crippen LogP contribution >= 0.6 is 0 Å². The molecule has 102 valence electrons. The van der Waals surface area contributed by atoms with E-state index in [2.05, 4.69) is 5.10 Å². The Morgan fingerprint density at radius 2 is 2.11 bits per heavy atom. The molecule has 1 aromatic carbocycles. The molecule has 2 N–H and O–H groups in total. The van der Waals surface area contributed by atoms with Crippen LogP contribution in [0, 0.1) is 19.7 Å². The van der Waals surface area contributed by atoms with Gasteiger partial charge in [0.15, 0.2) is 0 Å². The minimum atomic E-state index is -0.240. The summed E-state index contributed by atoms with van der Waals surface area (Å²) in [6.45, 7) is 4.16. The van der Waals surface area contributed by atoms with Crippen LogP contribution in [0.4, 0.5) is 4.39 Å². The number of ether oxygens (including phenoxy) is 1. The van der Waals surface area contributed by atoms with Gasteiger partial charge >= 0.3 is 0 Å². The Bertz CT molecular complexity index is 593. The molecule has 0 bridgehead atoms. The number of rotatable bonds is 4. The van der Waals surface area contributed by atoms with E-state index in [1.807, 2.05) is 14.0 Å². The summed E-state index contributed by atoms with van der Waals surface area (Å²) in [5.41, 5.74) is 8.05. The van der Waals surface area contributed by atoms with E-state index in [0.717, 1.165) is 11.3 Å². The van der Waals surface area contributed by atoms with Gasteiger partial charge in [-0.25, -0.2) is 9.07 Å². The lowest BCUT2D eigenvalue weighted by Crippen LogP contribution is -2.05. The molecule has 0 aliphatic carbocycles. The van der Waals surface area contributed by atoms with E-state index >= 15 is 0 Å². The van der Waals surface area contributed by atoms with Crippen LogP contribution in [0.3, 0.4) is 0 Å². The van der Waals surface area contributed by atoms with E-state index in [1.54, 1.807) is 23.7 Å². The second kappa shape index (κ2) is 5.40. The van der Waals surface area contributed by atoms with E-state index in [1.165, 1.54) is 6.07 Å². The Hall–Kier alpha value is -1.88. The molecule has 0 atom stereocenters. The Balaban J connectivity index is 2.34. The first kappa shape index (κ1) is 13.5. The second-order valence-corrected chi connectivity index (χ2v) is 4.54. The Labute approximate surface area is 112 Å². The van der Waals surface area contributed by atoms with Crippen molar-refractivity contribution >= 4 is 0 Å². The Morgan fingerprint density at radius 3 is 2.74 bits per heavy atom. The fraction of sp³-hybridized carbons (Fsp3) is 0.357. The van der Waals surface area contributed by atoms with Crippen molar-refractivity contribution in [3.8, 4) is 11.6 Å². The molecule has 0 radical (unpaired) electrons. The first-order chi connectivity index (χ1) is 9.02. The van der Waals surface area contributed by atoms with Gasteiger partial charge in [0.25, 0.3) is 0 Å². The monoisotopic (exact) mass is 263 g/mol. The van der Waals surface area contributed by atoms with Crippen LogP contribution in [0.15, 0.2) is 18.2 Å². The number of aromatic nitrogens is 2. The molecular formula is C14H18FN3O. The first-order valence-electron chi connectivity index (χ1n) is 6.19. The zero-order valence-corrected chi connectivity index (χ0v) is 11.4. The van der Waals surface area contributed by atoms with Crippen LogP contribution in [0.2, 0.25) is 0 Å². The van der Waals surface area contributed by atoms with Gasteiger partial charge in [-0.2, -0.15) is 5.10 Å². The molecule has 0 spiro atoms. The van der Waals surface area contributed by atoms with E-state index in [9.17, 15) is 4.39 Å². The number of hydrogen-bond donors (Lipinski definition) is 1. The molecule has 2 rings (SSSR count). The maximum Gasteiger partial charge on any atom is 0.221 e. The largest absolute Gasteiger partial charge is 0.439 e. The smallest absolute Gasteiger partial charge is 0.221 e. The van der Waals surface area contributed by atoms with Gasteiger partial charge in [-0.05, 0) is 50.6 Å². The SMILES string of the molecule is Cc1cc(Oc2c(CCN)c(C)nn2C)ccc1F. The maximum absolute atomic E-state index is 13.2. The van der Waals surface area contributed by atoms with E-state index in [4.69, 9.17) is 10.5 Å². The standard InChI is InChI=1S/C14H18FN3O/c1-9-8-11(4-5-13(9)15)19-14-12(6-7-16)10(2)17-18(14)3/h4-5,8H,6-7,16H2,1-3H3. The third-order valence-corrected chi connectivity index (χ3v) is 3.03. The topological polar surface area (TPSA) is 53.1 Å². The summed E-state index contributed by atoms with van der Waals surface area (Å²) in [7, 11) is 1.82. The molecule has 1 aromatic heterocycles. The van der Waals surface area contributed by atoms with Gasteiger partial charge in [0, 0.05) is 12.6 Å². The summed E-state index contributed by atoms with van der Waals surface area (Å²) in [5.74, 6) is 1.02. The summed E-state index contributed by atoms with van der Waals surface area (Å²) in [6.07, 6.45) is 0.704. The third-order valence-electron chi connectivity index (χ3n) is 3.03. The number of aryl methyl sites for hydroxylation is 3. The molecule has 19 heavy (non-hydrogen) atoms. The van der Waals surface area contributed by atoms with Crippen LogP contribution < -0.4 is 10.5 Å². The zero-order valence-electron chi connectivity index (χ0n) is 11.4. The van der Waals surface area contributed by atoms with Gasteiger partial charge in [-0.15, -0.1) is 0 Å². The molecule has 0 saturated carbocycles. The lowest BCUT2D eigenvalue weighted by molar-refractivity contribution is 0.424. The van der Waals surface area contributed by atoms with Crippen LogP contribution in [0.1, 0.15) is 16.8 Å². The molecule has 0 unspecified atom stereocenters. The van der Waals surface area contributed by atoms with Crippen LogP contribution in [-0.2, 0) is 13.5 Å². The average molecular weight is 263 g/mol. The molecule has 0 fully saturated rings. The van der Waals surface area contributed by atoms with E-state index < -0.39 is 0 Å². The quantitative estimate of drug-likeness (QED) is 0.922. The summed E-state index contributed by atoms with van der Waals surface area (Å²) < 4.78 is 20.7. The Morgan fingerprint density at radius 1 is 1.37 bits per heavy atom. The third kappa shape index (κ3) is 2.76. The summed E-state index contributed by atoms with van der Waals surface area (Å²) in [4.78, 5) is 0. The molecule has 0 amide bonds. The van der Waals surface area contributed by atoms with Gasteiger partial charge in [0.2, 0.25) is 5.88 Å². The van der Waals surface area contributed by atoms with Gasteiger partial charge < -0.3 is 10.5 Å². The number of nitrogens with two attached hydrogens (primary N) is 1. The van der Waals surface area contributed by atoms with Crippen molar-refractivity contribution in [2.75, 3.05) is 6.54 Å². The molecule has 0 aliphatic rings. The molecule has 0 aliphatic heterocycles. The Kier molecular flexibility index (Phi) is 3.85. The predicted octanol–water partition coefficient (Wildman–Crippen LogP) is 2.47. The van der Waals surface area contributed by atoms with Gasteiger partial charge in [0.1, 0.15) is 11.6 Å². The summed E-state index contributed by atoms with van der Waals surface area (Å²) >= 11 is 0. The lowest BCUT2D eigenvalue weighted by atomic mass is 10.2. The molecule has 2 aromatic rings. The van der Waals surface area contributed by atoms with Crippen molar-refractivity contribution in [1.29, 1.82) is 0 Å². The van der Waals surface area contributed by atoms with Crippen molar-refractivity contribution in [3.63, 3.8) is 0 Å².